The van der Waals surface area contributed by atoms with Gasteiger partial charge in [0.2, 0.25) is 0 Å². The minimum Gasteiger partial charge on any atom is -0.480 e. The number of nitrogens with zero attached hydrogens (tertiary/aromatic N) is 2. The van der Waals surface area contributed by atoms with Gasteiger partial charge in [-0.25, -0.2) is 0 Å². The summed E-state index contributed by atoms with van der Waals surface area (Å²) in [4.78, 5) is 17.9. The second-order valence-corrected chi connectivity index (χ2v) is 13.8. The quantitative estimate of drug-likeness (QED) is 0.0679. The number of unbranched alkanes of at least 4 members (excludes halogenated alkanes) is 21. The van der Waals surface area contributed by atoms with E-state index in [2.05, 4.69) is 37.5 Å². The van der Waals surface area contributed by atoms with E-state index in [-0.39, 0.29) is 6.61 Å². The molecule has 0 amide bonds. The van der Waals surface area contributed by atoms with Crippen LogP contribution in [0.3, 0.4) is 0 Å². The summed E-state index contributed by atoms with van der Waals surface area (Å²) in [5, 5.41) is 20.6. The third-order valence-corrected chi connectivity index (χ3v) is 9.85. The smallest absolute Gasteiger partial charge is 0.324 e. The van der Waals surface area contributed by atoms with Crippen molar-refractivity contribution in [2.75, 3.05) is 39.3 Å². The highest BCUT2D eigenvalue weighted by molar-refractivity contribution is 5.78. The Balaban J connectivity index is 5.08. The van der Waals surface area contributed by atoms with Crippen LogP contribution in [0.25, 0.3) is 0 Å². The molecule has 44 heavy (non-hydrogen) atoms. The van der Waals surface area contributed by atoms with E-state index >= 15 is 0 Å². The number of rotatable bonds is 36. The van der Waals surface area contributed by atoms with Crippen LogP contribution in [0, 0.1) is 0 Å². The van der Waals surface area contributed by atoms with Crippen molar-refractivity contribution in [1.29, 1.82) is 0 Å². The first-order valence-corrected chi connectivity index (χ1v) is 19.8. The minimum atomic E-state index is -0.757. The number of aliphatic carboxylic acids is 1. The summed E-state index contributed by atoms with van der Waals surface area (Å²) in [6.07, 6.45) is 33.0. The third kappa shape index (κ3) is 22.8. The summed E-state index contributed by atoms with van der Waals surface area (Å²) in [6, 6.07) is 0. The van der Waals surface area contributed by atoms with Gasteiger partial charge in [0.05, 0.1) is 6.61 Å². The van der Waals surface area contributed by atoms with E-state index in [1.54, 1.807) is 0 Å². The summed E-state index contributed by atoms with van der Waals surface area (Å²) < 4.78 is 0. The maximum atomic E-state index is 13.1. The zero-order valence-corrected chi connectivity index (χ0v) is 30.5. The van der Waals surface area contributed by atoms with Crippen molar-refractivity contribution in [2.45, 2.75) is 207 Å². The van der Waals surface area contributed by atoms with Crippen LogP contribution in [0.5, 0.6) is 0 Å². The molecule has 0 saturated carbocycles. The van der Waals surface area contributed by atoms with Crippen molar-refractivity contribution in [3.05, 3.63) is 0 Å². The molecule has 5 nitrogen and oxygen atoms in total. The summed E-state index contributed by atoms with van der Waals surface area (Å²) >= 11 is 0. The summed E-state index contributed by atoms with van der Waals surface area (Å²) in [6.45, 7) is 13.3. The zero-order valence-electron chi connectivity index (χ0n) is 30.5. The monoisotopic (exact) mass is 625 g/mol. The average molecular weight is 625 g/mol. The van der Waals surface area contributed by atoms with E-state index in [1.165, 1.54) is 122 Å². The molecule has 0 spiro atoms. The number of aliphatic hydroxyl groups excluding tert-OH is 1. The first-order valence-electron chi connectivity index (χ1n) is 19.8. The Kier molecular flexibility index (Phi) is 31.8. The predicted molar refractivity (Wildman–Crippen MR) is 193 cm³/mol. The molecule has 2 N–H and O–H groups in total. The molecule has 0 radical (unpaired) electrons. The third-order valence-electron chi connectivity index (χ3n) is 9.85. The van der Waals surface area contributed by atoms with E-state index in [0.29, 0.717) is 6.54 Å². The molecule has 0 aliphatic carbocycles. The van der Waals surface area contributed by atoms with Crippen molar-refractivity contribution in [2.24, 2.45) is 0 Å². The van der Waals surface area contributed by atoms with Gasteiger partial charge in [0.1, 0.15) is 5.54 Å². The number of hydrogen-bond donors (Lipinski definition) is 2. The second kappa shape index (κ2) is 32.3. The van der Waals surface area contributed by atoms with Crippen molar-refractivity contribution < 1.29 is 15.0 Å². The Morgan fingerprint density at radius 1 is 0.455 bits per heavy atom. The van der Waals surface area contributed by atoms with E-state index in [1.807, 2.05) is 0 Å². The molecule has 0 aliphatic heterocycles. The van der Waals surface area contributed by atoms with E-state index in [0.717, 1.165) is 77.5 Å². The van der Waals surface area contributed by atoms with Gasteiger partial charge in [0.15, 0.2) is 0 Å². The first kappa shape index (κ1) is 43.4. The van der Waals surface area contributed by atoms with Gasteiger partial charge in [-0.1, -0.05) is 175 Å². The summed E-state index contributed by atoms with van der Waals surface area (Å²) in [5.74, 6) is -0.613. The number of carboxylic acid groups (broad SMARTS) is 1. The maximum Gasteiger partial charge on any atom is 0.324 e. The van der Waals surface area contributed by atoms with Gasteiger partial charge in [-0.2, -0.15) is 0 Å². The Hall–Kier alpha value is -0.650. The largest absolute Gasteiger partial charge is 0.480 e. The lowest BCUT2D eigenvalue weighted by Crippen LogP contribution is -2.57. The number of hydrogen-bond acceptors (Lipinski definition) is 4. The lowest BCUT2D eigenvalue weighted by molar-refractivity contribution is -0.153. The van der Waals surface area contributed by atoms with Crippen LogP contribution in [0.1, 0.15) is 201 Å². The van der Waals surface area contributed by atoms with E-state index in [9.17, 15) is 15.0 Å². The lowest BCUT2D eigenvalue weighted by atomic mass is 9.84. The fraction of sp³-hybridized carbons (Fsp3) is 0.974. The molecule has 264 valence electrons. The van der Waals surface area contributed by atoms with Crippen molar-refractivity contribution in [1.82, 2.24) is 9.80 Å². The SMILES string of the molecule is CCCCCCCCCCCCN(CCO)CCN(CCCCCCCCCCCC)C(CCCC)(CCCCC)C(=O)O. The molecular formula is C39H80N2O3. The highest BCUT2D eigenvalue weighted by Crippen LogP contribution is 2.30. The maximum absolute atomic E-state index is 13.1. The Labute approximate surface area is 276 Å². The fourth-order valence-corrected chi connectivity index (χ4v) is 6.82. The van der Waals surface area contributed by atoms with Gasteiger partial charge < -0.3 is 10.2 Å². The van der Waals surface area contributed by atoms with Crippen LogP contribution < -0.4 is 0 Å². The molecule has 1 unspecified atom stereocenters. The average Bonchev–Trinajstić information content (AvgIpc) is 3.02. The normalized spacial score (nSPS) is 13.2. The summed E-state index contributed by atoms with van der Waals surface area (Å²) in [5.41, 5.74) is -0.757. The lowest BCUT2D eigenvalue weighted by Gasteiger charge is -2.42. The van der Waals surface area contributed by atoms with Crippen LogP contribution >= 0.6 is 0 Å². The Morgan fingerprint density at radius 3 is 1.27 bits per heavy atom. The number of aliphatic hydroxyl groups is 1. The van der Waals surface area contributed by atoms with Crippen molar-refractivity contribution >= 4 is 5.97 Å². The van der Waals surface area contributed by atoms with Crippen LogP contribution in [-0.2, 0) is 4.79 Å². The highest BCUT2D eigenvalue weighted by atomic mass is 16.4. The summed E-state index contributed by atoms with van der Waals surface area (Å²) in [7, 11) is 0. The fourth-order valence-electron chi connectivity index (χ4n) is 6.82. The Morgan fingerprint density at radius 2 is 0.841 bits per heavy atom. The molecular weight excluding hydrogens is 544 g/mol. The van der Waals surface area contributed by atoms with Gasteiger partial charge in [-0.05, 0) is 38.8 Å². The molecule has 0 aromatic carbocycles. The van der Waals surface area contributed by atoms with Crippen LogP contribution in [-0.4, -0.2) is 70.9 Å². The Bertz CT molecular complexity index is 602. The first-order chi connectivity index (χ1) is 21.5. The molecule has 0 heterocycles. The van der Waals surface area contributed by atoms with E-state index in [4.69, 9.17) is 0 Å². The van der Waals surface area contributed by atoms with Gasteiger partial charge in [0, 0.05) is 19.6 Å². The van der Waals surface area contributed by atoms with Crippen LogP contribution in [0.15, 0.2) is 0 Å². The van der Waals surface area contributed by atoms with Crippen LogP contribution in [0.2, 0.25) is 0 Å². The zero-order chi connectivity index (χ0) is 32.6. The van der Waals surface area contributed by atoms with Crippen molar-refractivity contribution in [3.63, 3.8) is 0 Å². The van der Waals surface area contributed by atoms with E-state index < -0.39 is 11.5 Å². The molecule has 0 saturated heterocycles. The molecule has 0 aromatic heterocycles. The van der Waals surface area contributed by atoms with Gasteiger partial charge >= 0.3 is 5.97 Å². The van der Waals surface area contributed by atoms with Gasteiger partial charge in [0.25, 0.3) is 0 Å². The van der Waals surface area contributed by atoms with Crippen molar-refractivity contribution in [3.8, 4) is 0 Å². The molecule has 0 bridgehead atoms. The predicted octanol–water partition coefficient (Wildman–Crippen LogP) is 11.0. The molecule has 0 aliphatic rings. The molecule has 5 heteroatoms. The minimum absolute atomic E-state index is 0.173. The standard InChI is InChI=1S/C39H80N2O3/c1-5-9-13-15-17-19-21-23-25-28-32-40(36-37-42)34-35-41(33-29-26-24-22-20-18-16-14-10-6-2)39(38(43)44,30-12-8-4)31-27-11-7-3/h42H,5-37H2,1-4H3,(H,43,44). The van der Waals surface area contributed by atoms with Gasteiger partial charge in [-0.15, -0.1) is 0 Å². The van der Waals surface area contributed by atoms with Gasteiger partial charge in [-0.3, -0.25) is 14.6 Å². The topological polar surface area (TPSA) is 64.0 Å². The van der Waals surface area contributed by atoms with Crippen LogP contribution in [0.4, 0.5) is 0 Å². The number of carboxylic acids is 1. The molecule has 1 atom stereocenters. The highest BCUT2D eigenvalue weighted by Gasteiger charge is 2.42. The molecule has 0 fully saturated rings. The second-order valence-electron chi connectivity index (χ2n) is 13.8. The molecule has 0 rings (SSSR count). The molecule has 0 aromatic rings. The number of carbonyl (C=O) groups is 1.